The summed E-state index contributed by atoms with van der Waals surface area (Å²) in [7, 11) is 0. The molecule has 0 amide bonds. The third-order valence-corrected chi connectivity index (χ3v) is 6.70. The van der Waals surface area contributed by atoms with E-state index in [1.54, 1.807) is 0 Å². The summed E-state index contributed by atoms with van der Waals surface area (Å²) in [6.07, 6.45) is 11.2. The van der Waals surface area contributed by atoms with Crippen LogP contribution in [0.2, 0.25) is 0 Å². The maximum Gasteiger partial charge on any atom is 0.0110 e. The van der Waals surface area contributed by atoms with Crippen molar-refractivity contribution in [2.24, 2.45) is 22.6 Å². The highest BCUT2D eigenvalue weighted by Crippen LogP contribution is 2.15. The molecule has 0 atom stereocenters. The van der Waals surface area contributed by atoms with Crippen molar-refractivity contribution in [1.82, 2.24) is 20.4 Å². The van der Waals surface area contributed by atoms with Crippen LogP contribution in [0.15, 0.2) is 0 Å². The molecule has 0 saturated carbocycles. The second-order valence-electron chi connectivity index (χ2n) is 10.6. The molecule has 1 fully saturated rings. The van der Waals surface area contributed by atoms with Crippen LogP contribution in [0.3, 0.4) is 0 Å². The summed E-state index contributed by atoms with van der Waals surface area (Å²) >= 11 is 0. The molecule has 1 heterocycles. The largest absolute Gasteiger partial charge is 0.330 e. The van der Waals surface area contributed by atoms with Crippen molar-refractivity contribution in [3.63, 3.8) is 0 Å². The lowest BCUT2D eigenvalue weighted by Gasteiger charge is -2.34. The minimum Gasteiger partial charge on any atom is -0.330 e. The molecule has 1 rings (SSSR count). The fourth-order valence-electron chi connectivity index (χ4n) is 3.36. The van der Waals surface area contributed by atoms with Gasteiger partial charge in [0.2, 0.25) is 0 Å². The highest BCUT2D eigenvalue weighted by Gasteiger charge is 2.15. The predicted octanol–water partition coefficient (Wildman–Crippen LogP) is 3.23. The first-order chi connectivity index (χ1) is 16.9. The first-order valence-electron chi connectivity index (χ1n) is 14.9. The first kappa shape index (κ1) is 36.9. The van der Waals surface area contributed by atoms with Crippen LogP contribution in [0.25, 0.3) is 0 Å². The van der Waals surface area contributed by atoms with Gasteiger partial charge in [0.15, 0.2) is 0 Å². The van der Waals surface area contributed by atoms with E-state index in [9.17, 15) is 0 Å². The molecule has 35 heavy (non-hydrogen) atoms. The van der Waals surface area contributed by atoms with Gasteiger partial charge < -0.3 is 37.6 Å². The van der Waals surface area contributed by atoms with Crippen molar-refractivity contribution in [2.45, 2.75) is 92.4 Å². The van der Waals surface area contributed by atoms with Crippen molar-refractivity contribution in [3.8, 4) is 0 Å². The van der Waals surface area contributed by atoms with Crippen LogP contribution in [0.1, 0.15) is 92.4 Å². The van der Waals surface area contributed by atoms with Crippen molar-refractivity contribution in [3.05, 3.63) is 0 Å². The highest BCUT2D eigenvalue weighted by atomic mass is 15.3. The Hall–Kier alpha value is -0.280. The van der Waals surface area contributed by atoms with Crippen LogP contribution in [0.5, 0.6) is 0 Å². The first-order valence-corrected chi connectivity index (χ1v) is 14.9. The topological polar surface area (TPSA) is 109 Å². The number of hydrogen-bond donors (Lipinski definition) is 5. The lowest BCUT2D eigenvalue weighted by atomic mass is 9.91. The van der Waals surface area contributed by atoms with E-state index < -0.39 is 0 Å². The van der Waals surface area contributed by atoms with Gasteiger partial charge in [-0.3, -0.25) is 0 Å². The Morgan fingerprint density at radius 3 is 1.40 bits per heavy atom. The summed E-state index contributed by atoms with van der Waals surface area (Å²) in [6.45, 7) is 25.4. The Labute approximate surface area is 220 Å². The molecule has 0 aromatic carbocycles. The number of nitrogens with one attached hydrogen (secondary N) is 2. The lowest BCUT2D eigenvalue weighted by molar-refractivity contribution is 0.131. The molecule has 7 heteroatoms. The molecule has 1 aliphatic rings. The van der Waals surface area contributed by atoms with Crippen molar-refractivity contribution < 1.29 is 0 Å². The van der Waals surface area contributed by atoms with Gasteiger partial charge in [0.05, 0.1) is 0 Å². The van der Waals surface area contributed by atoms with Crippen LogP contribution in [-0.4, -0.2) is 94.9 Å². The molecule has 0 bridgehead atoms. The number of nitrogens with two attached hydrogens (primary N) is 3. The lowest BCUT2D eigenvalue weighted by Crippen LogP contribution is -2.46. The summed E-state index contributed by atoms with van der Waals surface area (Å²) < 4.78 is 0. The molecule has 0 aliphatic carbocycles. The Balaban J connectivity index is 0. The van der Waals surface area contributed by atoms with E-state index in [1.807, 2.05) is 0 Å². The fraction of sp³-hybridized carbons (Fsp3) is 1.00. The molecular formula is C28H67N7. The minimum absolute atomic E-state index is 0.361. The summed E-state index contributed by atoms with van der Waals surface area (Å²) in [5.74, 6) is 0. The molecule has 0 aromatic heterocycles. The van der Waals surface area contributed by atoms with Gasteiger partial charge in [-0.25, -0.2) is 0 Å². The highest BCUT2D eigenvalue weighted by molar-refractivity contribution is 4.71. The van der Waals surface area contributed by atoms with Crippen molar-refractivity contribution in [1.29, 1.82) is 0 Å². The average molecular weight is 502 g/mol. The normalized spacial score (nSPS) is 14.7. The van der Waals surface area contributed by atoms with Gasteiger partial charge in [-0.1, -0.05) is 47.5 Å². The average Bonchev–Trinajstić information content (AvgIpc) is 2.88. The second-order valence-corrected chi connectivity index (χ2v) is 10.6. The molecule has 1 aliphatic heterocycles. The zero-order valence-corrected chi connectivity index (χ0v) is 24.7. The molecule has 0 aromatic rings. The van der Waals surface area contributed by atoms with Gasteiger partial charge in [-0.05, 0) is 109 Å². The van der Waals surface area contributed by atoms with Crippen molar-refractivity contribution >= 4 is 0 Å². The Bertz CT molecular complexity index is 352. The fourth-order valence-corrected chi connectivity index (χ4v) is 3.36. The Morgan fingerprint density at radius 1 is 0.600 bits per heavy atom. The van der Waals surface area contributed by atoms with E-state index in [0.29, 0.717) is 5.41 Å². The second kappa shape index (κ2) is 28.3. The van der Waals surface area contributed by atoms with E-state index in [0.717, 1.165) is 45.6 Å². The summed E-state index contributed by atoms with van der Waals surface area (Å²) in [4.78, 5) is 5.12. The van der Waals surface area contributed by atoms with E-state index in [2.05, 4.69) is 55.1 Å². The molecule has 7 nitrogen and oxygen atoms in total. The number of nitrogens with zero attached hydrogens (tertiary/aromatic N) is 2. The third-order valence-electron chi connectivity index (χ3n) is 6.70. The predicted molar refractivity (Wildman–Crippen MR) is 158 cm³/mol. The quantitative estimate of drug-likeness (QED) is 0.173. The Kier molecular flexibility index (Phi) is 29.8. The van der Waals surface area contributed by atoms with Crippen LogP contribution in [0, 0.1) is 5.41 Å². The van der Waals surface area contributed by atoms with Gasteiger partial charge in [-0.15, -0.1) is 0 Å². The Morgan fingerprint density at radius 2 is 1.03 bits per heavy atom. The van der Waals surface area contributed by atoms with E-state index in [-0.39, 0.29) is 0 Å². The zero-order chi connectivity index (χ0) is 26.6. The maximum atomic E-state index is 5.50. The third kappa shape index (κ3) is 28.1. The van der Waals surface area contributed by atoms with Gasteiger partial charge in [0, 0.05) is 26.2 Å². The monoisotopic (exact) mass is 502 g/mol. The van der Waals surface area contributed by atoms with Crippen LogP contribution < -0.4 is 27.8 Å². The number of rotatable bonds is 19. The summed E-state index contributed by atoms with van der Waals surface area (Å²) in [6, 6.07) is 0. The number of piperazine rings is 1. The van der Waals surface area contributed by atoms with Crippen LogP contribution >= 0.6 is 0 Å². The molecule has 1 saturated heterocycles. The standard InChI is InChI=1S/C11H25N3.C11H27N3.C6H15N/c1-2-3-6-13-8-10-14(11-9-13)7-4-5-12;1-2-3-8-13-9-4-5-10-14-11-6-7-12;1-4-6(2,3)5-7/h2-12H2,1H3;13-14H,2-12H2,1H3;4-5,7H2,1-3H3. The van der Waals surface area contributed by atoms with Crippen LogP contribution in [0.4, 0.5) is 0 Å². The number of unbranched alkanes of at least 4 members (excludes halogenated alkanes) is 3. The zero-order valence-electron chi connectivity index (χ0n) is 24.7. The molecule has 8 N–H and O–H groups in total. The number of hydrogen-bond acceptors (Lipinski definition) is 7. The minimum atomic E-state index is 0.361. The van der Waals surface area contributed by atoms with E-state index in [1.165, 1.54) is 97.3 Å². The van der Waals surface area contributed by atoms with E-state index >= 15 is 0 Å². The maximum absolute atomic E-state index is 5.50. The SMILES string of the molecule is CCC(C)(C)CN.CCCCN1CCN(CCCN)CC1.CCCCNCCCCNCCCN. The van der Waals surface area contributed by atoms with E-state index in [4.69, 9.17) is 17.2 Å². The van der Waals surface area contributed by atoms with Crippen LogP contribution in [-0.2, 0) is 0 Å². The molecule has 214 valence electrons. The molecule has 0 unspecified atom stereocenters. The summed E-state index contributed by atoms with van der Waals surface area (Å²) in [5, 5.41) is 6.82. The van der Waals surface area contributed by atoms with Gasteiger partial charge in [0.1, 0.15) is 0 Å². The van der Waals surface area contributed by atoms with Gasteiger partial charge >= 0.3 is 0 Å². The van der Waals surface area contributed by atoms with Gasteiger partial charge in [0.25, 0.3) is 0 Å². The summed E-state index contributed by atoms with van der Waals surface area (Å²) in [5.41, 5.74) is 16.7. The van der Waals surface area contributed by atoms with Crippen molar-refractivity contribution in [2.75, 3.05) is 85.1 Å². The smallest absolute Gasteiger partial charge is 0.0110 e. The van der Waals surface area contributed by atoms with Gasteiger partial charge in [-0.2, -0.15) is 0 Å². The molecule has 0 radical (unpaired) electrons. The molecule has 0 spiro atoms. The molecular weight excluding hydrogens is 434 g/mol.